The van der Waals surface area contributed by atoms with Crippen molar-refractivity contribution in [3.05, 3.63) is 59.2 Å². The van der Waals surface area contributed by atoms with Crippen LogP contribution in [-0.2, 0) is 24.3 Å². The first-order valence-electron chi connectivity index (χ1n) is 9.56. The number of sulfonamides is 1. The highest BCUT2D eigenvalue weighted by Gasteiger charge is 2.24. The zero-order chi connectivity index (χ0) is 24.0. The molecule has 0 aliphatic rings. The zero-order valence-electron chi connectivity index (χ0n) is 17.6. The lowest BCUT2D eigenvalue weighted by atomic mass is 10.1. The normalized spacial score (nSPS) is 11.0. The first-order chi connectivity index (χ1) is 15.7. The number of hydrogen-bond donors (Lipinski definition) is 2. The maximum atomic E-state index is 12.5. The van der Waals surface area contributed by atoms with Gasteiger partial charge in [0.05, 0.1) is 30.4 Å². The van der Waals surface area contributed by atoms with Gasteiger partial charge in [-0.25, -0.2) is 18.0 Å². The molecule has 0 saturated carbocycles. The number of rotatable bonds is 9. The molecule has 0 aliphatic carbocycles. The topological polar surface area (TPSA) is 141 Å². The van der Waals surface area contributed by atoms with Crippen LogP contribution in [0.15, 0.2) is 52.5 Å². The number of para-hydroxylation sites is 1. The van der Waals surface area contributed by atoms with Gasteiger partial charge in [-0.15, -0.1) is 11.3 Å². The summed E-state index contributed by atoms with van der Waals surface area (Å²) in [6.45, 7) is 1.13. The predicted octanol–water partition coefficient (Wildman–Crippen LogP) is 3.35. The van der Waals surface area contributed by atoms with Crippen molar-refractivity contribution in [2.75, 3.05) is 29.5 Å². The van der Waals surface area contributed by atoms with Crippen LogP contribution in [0.1, 0.15) is 27.6 Å². The monoisotopic (exact) mass is 492 g/mol. The maximum absolute atomic E-state index is 12.5. The molecule has 3 rings (SSSR count). The van der Waals surface area contributed by atoms with E-state index >= 15 is 0 Å². The highest BCUT2D eigenvalue weighted by molar-refractivity contribution is 7.92. The summed E-state index contributed by atoms with van der Waals surface area (Å²) in [6.07, 6.45) is 2.40. The number of anilines is 2. The van der Waals surface area contributed by atoms with Crippen LogP contribution in [0.4, 0.5) is 10.7 Å². The molecular weight excluding hydrogens is 472 g/mol. The number of furan rings is 1. The van der Waals surface area contributed by atoms with E-state index in [2.05, 4.69) is 10.0 Å². The highest BCUT2D eigenvalue weighted by atomic mass is 32.2. The van der Waals surface area contributed by atoms with E-state index in [4.69, 9.17) is 13.9 Å². The number of thiophene rings is 1. The van der Waals surface area contributed by atoms with Gasteiger partial charge in [-0.3, -0.25) is 9.52 Å². The Hall–Kier alpha value is -3.64. The molecule has 2 N–H and O–H groups in total. The molecule has 1 aromatic carbocycles. The van der Waals surface area contributed by atoms with Crippen molar-refractivity contribution in [2.45, 2.75) is 6.92 Å². The molecule has 174 valence electrons. The van der Waals surface area contributed by atoms with Crippen LogP contribution >= 0.6 is 11.3 Å². The van der Waals surface area contributed by atoms with Gasteiger partial charge in [0.25, 0.3) is 5.91 Å². The lowest BCUT2D eigenvalue weighted by molar-refractivity contribution is -0.119. The van der Waals surface area contributed by atoms with Crippen LogP contribution in [0.5, 0.6) is 0 Å². The lowest BCUT2D eigenvalue weighted by Gasteiger charge is -2.11. The van der Waals surface area contributed by atoms with Gasteiger partial charge in [-0.1, -0.05) is 12.1 Å². The SMILES string of the molecule is CCOC(=O)c1c(-c2ccco2)csc1NC(=O)COC(=O)c1ccccc1NS(C)(=O)=O. The molecular formula is C21H20N2O8S2. The molecule has 1 amide bonds. The molecule has 12 heteroatoms. The van der Waals surface area contributed by atoms with Crippen molar-refractivity contribution in [2.24, 2.45) is 0 Å². The number of carbonyl (C=O) groups excluding carboxylic acids is 3. The Morgan fingerprint density at radius 1 is 1.06 bits per heavy atom. The largest absolute Gasteiger partial charge is 0.464 e. The summed E-state index contributed by atoms with van der Waals surface area (Å²) in [6, 6.07) is 9.15. The Morgan fingerprint density at radius 3 is 2.48 bits per heavy atom. The van der Waals surface area contributed by atoms with Crippen LogP contribution in [0.3, 0.4) is 0 Å². The molecule has 0 spiro atoms. The molecule has 10 nitrogen and oxygen atoms in total. The van der Waals surface area contributed by atoms with Crippen LogP contribution < -0.4 is 10.0 Å². The molecule has 0 fully saturated rings. The standard InChI is InChI=1S/C21H20N2O8S2/c1-3-29-21(26)18-14(16-9-6-10-30-16)12-32-19(18)22-17(24)11-31-20(25)13-7-4-5-8-15(13)23-33(2,27)28/h4-10,12,23H,3,11H2,1-2H3,(H,22,24). The van der Waals surface area contributed by atoms with Crippen molar-refractivity contribution in [3.63, 3.8) is 0 Å². The molecule has 0 unspecified atom stereocenters. The molecule has 0 atom stereocenters. The highest BCUT2D eigenvalue weighted by Crippen LogP contribution is 2.36. The number of carbonyl (C=O) groups is 3. The van der Waals surface area contributed by atoms with E-state index < -0.39 is 34.5 Å². The summed E-state index contributed by atoms with van der Waals surface area (Å²) in [5.74, 6) is -1.81. The second kappa shape index (κ2) is 10.3. The molecule has 0 radical (unpaired) electrons. The first-order valence-corrected chi connectivity index (χ1v) is 12.3. The second-order valence-electron chi connectivity index (χ2n) is 6.60. The van der Waals surface area contributed by atoms with Gasteiger partial charge in [0.1, 0.15) is 16.3 Å². The van der Waals surface area contributed by atoms with E-state index in [9.17, 15) is 22.8 Å². The van der Waals surface area contributed by atoms with Crippen molar-refractivity contribution < 1.29 is 36.7 Å². The average molecular weight is 493 g/mol. The molecule has 2 aromatic heterocycles. The molecule has 3 aromatic rings. The van der Waals surface area contributed by atoms with E-state index in [1.807, 2.05) is 0 Å². The van der Waals surface area contributed by atoms with Gasteiger partial charge in [-0.2, -0.15) is 0 Å². The third-order valence-corrected chi connectivity index (χ3v) is 5.57. The lowest BCUT2D eigenvalue weighted by Crippen LogP contribution is -2.22. The number of ether oxygens (including phenoxy) is 2. The number of amides is 1. The van der Waals surface area contributed by atoms with Crippen LogP contribution in [0, 0.1) is 0 Å². The predicted molar refractivity (Wildman–Crippen MR) is 122 cm³/mol. The van der Waals surface area contributed by atoms with E-state index in [0.29, 0.717) is 11.3 Å². The number of hydrogen-bond acceptors (Lipinski definition) is 9. The molecule has 0 bridgehead atoms. The number of esters is 2. The minimum absolute atomic E-state index is 0.0244. The van der Waals surface area contributed by atoms with Crippen LogP contribution in [0.25, 0.3) is 11.3 Å². The fourth-order valence-electron chi connectivity index (χ4n) is 2.79. The fraction of sp³-hybridized carbons (Fsp3) is 0.190. The summed E-state index contributed by atoms with van der Waals surface area (Å²) in [5, 5.41) is 4.39. The van der Waals surface area contributed by atoms with Crippen LogP contribution in [0.2, 0.25) is 0 Å². The van der Waals surface area contributed by atoms with Crippen molar-refractivity contribution >= 4 is 49.9 Å². The summed E-state index contributed by atoms with van der Waals surface area (Å²) in [4.78, 5) is 37.3. The first kappa shape index (κ1) is 24.0. The Kier molecular flexibility index (Phi) is 7.51. The third-order valence-electron chi connectivity index (χ3n) is 4.09. The second-order valence-corrected chi connectivity index (χ2v) is 9.22. The summed E-state index contributed by atoms with van der Waals surface area (Å²) in [7, 11) is -3.63. The summed E-state index contributed by atoms with van der Waals surface area (Å²) in [5.41, 5.74) is 0.547. The van der Waals surface area contributed by atoms with Crippen molar-refractivity contribution in [1.82, 2.24) is 0 Å². The summed E-state index contributed by atoms with van der Waals surface area (Å²) >= 11 is 1.09. The molecule has 0 aliphatic heterocycles. The Bertz CT molecular complexity index is 1260. The van der Waals surface area contributed by atoms with Crippen molar-refractivity contribution in [3.8, 4) is 11.3 Å². The van der Waals surface area contributed by atoms with Gasteiger partial charge >= 0.3 is 11.9 Å². The Morgan fingerprint density at radius 2 is 1.82 bits per heavy atom. The van der Waals surface area contributed by atoms with E-state index in [0.717, 1.165) is 17.6 Å². The quantitative estimate of drug-likeness (QED) is 0.433. The molecule has 0 saturated heterocycles. The average Bonchev–Trinajstić information content (AvgIpc) is 3.41. The van der Waals surface area contributed by atoms with E-state index in [1.54, 1.807) is 30.5 Å². The molecule has 33 heavy (non-hydrogen) atoms. The van der Waals surface area contributed by atoms with Gasteiger partial charge in [-0.05, 0) is 31.2 Å². The molecule has 2 heterocycles. The third kappa shape index (κ3) is 6.20. The number of nitrogens with one attached hydrogen (secondary N) is 2. The Labute approximate surface area is 193 Å². The minimum Gasteiger partial charge on any atom is -0.464 e. The van der Waals surface area contributed by atoms with E-state index in [-0.39, 0.29) is 28.4 Å². The zero-order valence-corrected chi connectivity index (χ0v) is 19.2. The van der Waals surface area contributed by atoms with Gasteiger partial charge in [0, 0.05) is 10.9 Å². The van der Waals surface area contributed by atoms with Crippen molar-refractivity contribution in [1.29, 1.82) is 0 Å². The maximum Gasteiger partial charge on any atom is 0.341 e. The summed E-state index contributed by atoms with van der Waals surface area (Å²) < 4.78 is 40.7. The number of benzene rings is 1. The Balaban J connectivity index is 1.72. The van der Waals surface area contributed by atoms with E-state index in [1.165, 1.54) is 24.5 Å². The fourth-order valence-corrected chi connectivity index (χ4v) is 4.32. The smallest absolute Gasteiger partial charge is 0.341 e. The minimum atomic E-state index is -3.63. The van der Waals surface area contributed by atoms with Gasteiger partial charge in [0.2, 0.25) is 10.0 Å². The van der Waals surface area contributed by atoms with Crippen LogP contribution in [-0.4, -0.2) is 45.7 Å². The van der Waals surface area contributed by atoms with Gasteiger partial charge < -0.3 is 19.2 Å². The van der Waals surface area contributed by atoms with Gasteiger partial charge in [0.15, 0.2) is 6.61 Å².